The number of hydrogen-bond acceptors (Lipinski definition) is 2. The first-order valence-corrected chi connectivity index (χ1v) is 11.3. The largest absolute Gasteiger partial charge is 0.481 e. The number of nitrogens with one attached hydrogen (secondary N) is 1. The number of rotatable bonds is 4. The number of benzene rings is 2. The molecule has 2 aliphatic carbocycles. The van der Waals surface area contributed by atoms with Crippen molar-refractivity contribution in [2.45, 2.75) is 30.6 Å². The zero-order valence-corrected chi connectivity index (χ0v) is 18.8. The van der Waals surface area contributed by atoms with Crippen molar-refractivity contribution in [3.63, 3.8) is 0 Å². The van der Waals surface area contributed by atoms with E-state index < -0.39 is 59.1 Å². The predicted molar refractivity (Wildman–Crippen MR) is 118 cm³/mol. The summed E-state index contributed by atoms with van der Waals surface area (Å²) in [7, 11) is 0. The first-order chi connectivity index (χ1) is 15.6. The summed E-state index contributed by atoms with van der Waals surface area (Å²) in [5, 5.41) is 13.1. The molecule has 1 heterocycles. The molecule has 1 aliphatic heterocycles. The van der Waals surface area contributed by atoms with Crippen LogP contribution >= 0.6 is 23.2 Å². The summed E-state index contributed by atoms with van der Waals surface area (Å²) in [4.78, 5) is 26.3. The fourth-order valence-corrected chi connectivity index (χ4v) is 7.30. The molecule has 5 rings (SSSR count). The fraction of sp³-hybridized carbons (Fsp3) is 0.417. The monoisotopic (exact) mass is 497 g/mol. The van der Waals surface area contributed by atoms with Gasteiger partial charge in [0, 0.05) is 22.0 Å². The average molecular weight is 498 g/mol. The Labute approximate surface area is 198 Å². The number of carboxylic acid groups (broad SMARTS) is 1. The van der Waals surface area contributed by atoms with Crippen molar-refractivity contribution in [2.24, 2.45) is 16.7 Å². The number of hydrogen-bond donors (Lipinski definition) is 2. The van der Waals surface area contributed by atoms with Gasteiger partial charge >= 0.3 is 5.97 Å². The average Bonchev–Trinajstić information content (AvgIpc) is 3.22. The van der Waals surface area contributed by atoms with Crippen molar-refractivity contribution in [1.82, 2.24) is 0 Å². The molecule has 4 nitrogen and oxygen atoms in total. The van der Waals surface area contributed by atoms with Crippen LogP contribution in [-0.2, 0) is 15.0 Å². The van der Waals surface area contributed by atoms with Crippen LogP contribution in [0.2, 0.25) is 10.0 Å². The maximum absolute atomic E-state index is 15.4. The number of halogens is 5. The van der Waals surface area contributed by atoms with Crippen LogP contribution in [-0.4, -0.2) is 30.3 Å². The summed E-state index contributed by atoms with van der Waals surface area (Å²) < 4.78 is 43.1. The van der Waals surface area contributed by atoms with E-state index in [4.69, 9.17) is 23.2 Å². The topological polar surface area (TPSA) is 66.4 Å². The van der Waals surface area contributed by atoms with Crippen molar-refractivity contribution in [3.8, 4) is 0 Å². The van der Waals surface area contributed by atoms with Crippen LogP contribution in [0.15, 0.2) is 36.4 Å². The van der Waals surface area contributed by atoms with Crippen LogP contribution < -0.4 is 5.32 Å². The Morgan fingerprint density at radius 1 is 1.15 bits per heavy atom. The molecular formula is C24H20Cl2F3NO3. The number of carbonyl (C=O) groups excluding carboxylic acids is 1. The number of aliphatic carboxylic acids is 1. The second kappa shape index (κ2) is 7.37. The summed E-state index contributed by atoms with van der Waals surface area (Å²) >= 11 is 12.2. The Kier molecular flexibility index (Phi) is 5.04. The van der Waals surface area contributed by atoms with E-state index in [-0.39, 0.29) is 29.8 Å². The molecule has 2 spiro atoms. The molecule has 2 fully saturated rings. The number of anilines is 1. The molecule has 3 atom stereocenters. The normalized spacial score (nSPS) is 28.6. The van der Waals surface area contributed by atoms with Gasteiger partial charge in [0.15, 0.2) is 0 Å². The van der Waals surface area contributed by atoms with Crippen LogP contribution in [0.4, 0.5) is 18.9 Å². The number of alkyl halides is 2. The van der Waals surface area contributed by atoms with E-state index in [9.17, 15) is 23.5 Å². The van der Waals surface area contributed by atoms with E-state index in [0.29, 0.717) is 16.3 Å². The third kappa shape index (κ3) is 2.78. The highest BCUT2D eigenvalue weighted by Crippen LogP contribution is 2.77. The Morgan fingerprint density at radius 2 is 1.85 bits per heavy atom. The molecule has 174 valence electrons. The van der Waals surface area contributed by atoms with E-state index in [2.05, 4.69) is 5.32 Å². The molecule has 0 unspecified atom stereocenters. The second-order valence-corrected chi connectivity index (χ2v) is 10.5. The van der Waals surface area contributed by atoms with Crippen molar-refractivity contribution in [1.29, 1.82) is 0 Å². The minimum Gasteiger partial charge on any atom is -0.481 e. The lowest BCUT2D eigenvalue weighted by Crippen LogP contribution is -2.61. The third-order valence-corrected chi connectivity index (χ3v) is 8.48. The minimum atomic E-state index is -1.55. The van der Waals surface area contributed by atoms with Crippen LogP contribution in [0.5, 0.6) is 0 Å². The van der Waals surface area contributed by atoms with Gasteiger partial charge in [-0.1, -0.05) is 41.4 Å². The summed E-state index contributed by atoms with van der Waals surface area (Å²) in [6.07, 6.45) is -0.0634. The molecule has 33 heavy (non-hydrogen) atoms. The van der Waals surface area contributed by atoms with Gasteiger partial charge in [-0.3, -0.25) is 18.4 Å². The maximum Gasteiger partial charge on any atom is 0.307 e. The summed E-state index contributed by atoms with van der Waals surface area (Å²) in [5.41, 5.74) is -3.04. The smallest absolute Gasteiger partial charge is 0.307 e. The minimum absolute atomic E-state index is 0.00252. The summed E-state index contributed by atoms with van der Waals surface area (Å²) in [6.45, 7) is -1.85. The van der Waals surface area contributed by atoms with Crippen molar-refractivity contribution >= 4 is 40.8 Å². The van der Waals surface area contributed by atoms with Crippen molar-refractivity contribution in [3.05, 3.63) is 63.4 Å². The molecule has 0 aromatic heterocycles. The SMILES string of the molecule is O=C(O)[C@@H]1CC2(CC(CF)(CF)C2)[C@@]2(C(=O)Nc3cc(Cl)ccc32)[C@H]1c1cccc(Cl)c1F. The van der Waals surface area contributed by atoms with Crippen LogP contribution in [0.3, 0.4) is 0 Å². The van der Waals surface area contributed by atoms with Gasteiger partial charge in [-0.25, -0.2) is 4.39 Å². The van der Waals surface area contributed by atoms with Crippen molar-refractivity contribution < 1.29 is 27.9 Å². The number of carboxylic acids is 1. The Morgan fingerprint density at radius 3 is 2.48 bits per heavy atom. The van der Waals surface area contributed by atoms with Gasteiger partial charge in [-0.05, 0) is 54.0 Å². The molecule has 1 amide bonds. The lowest BCUT2D eigenvalue weighted by Gasteiger charge is -2.59. The van der Waals surface area contributed by atoms with E-state index in [1.165, 1.54) is 18.2 Å². The van der Waals surface area contributed by atoms with Crippen LogP contribution in [0.25, 0.3) is 0 Å². The lowest BCUT2D eigenvalue weighted by molar-refractivity contribution is -0.145. The highest BCUT2D eigenvalue weighted by Gasteiger charge is 2.77. The zero-order valence-electron chi connectivity index (χ0n) is 17.3. The Hall–Kier alpha value is -2.25. The van der Waals surface area contributed by atoms with Gasteiger partial charge in [0.05, 0.1) is 29.7 Å². The summed E-state index contributed by atoms with van der Waals surface area (Å²) in [6, 6.07) is 9.03. The van der Waals surface area contributed by atoms with E-state index >= 15 is 4.39 Å². The van der Waals surface area contributed by atoms with Gasteiger partial charge in [0.2, 0.25) is 5.91 Å². The van der Waals surface area contributed by atoms with Crippen molar-refractivity contribution in [2.75, 3.05) is 18.7 Å². The van der Waals surface area contributed by atoms with Gasteiger partial charge in [0.1, 0.15) is 5.82 Å². The van der Waals surface area contributed by atoms with Crippen LogP contribution in [0.1, 0.15) is 36.3 Å². The maximum atomic E-state index is 15.4. The first-order valence-electron chi connectivity index (χ1n) is 10.5. The predicted octanol–water partition coefficient (Wildman–Crippen LogP) is 5.92. The van der Waals surface area contributed by atoms with Gasteiger partial charge < -0.3 is 10.4 Å². The molecule has 2 aromatic carbocycles. The molecule has 0 saturated heterocycles. The number of fused-ring (bicyclic) bond motifs is 3. The Balaban J connectivity index is 1.82. The molecule has 0 bridgehead atoms. The second-order valence-electron chi connectivity index (χ2n) is 9.62. The standard InChI is InChI=1S/C24H20Cl2F3NO3/c25-12-4-5-15-17(6-12)30-21(33)24(15)18(13-2-1-3-16(26)19(13)29)14(20(31)32)7-23(24)8-22(9-23,10-27)11-28/h1-6,14,18H,7-11H2,(H,30,33)(H,31,32)/t14-,18+,24-/m1/s1. The van der Waals surface area contributed by atoms with E-state index in [1.54, 1.807) is 18.2 Å². The molecule has 2 aromatic rings. The number of amides is 1. The quantitative estimate of drug-likeness (QED) is 0.551. The first kappa shape index (κ1) is 22.5. The molecule has 2 N–H and O–H groups in total. The zero-order chi connectivity index (χ0) is 23.8. The fourth-order valence-electron chi connectivity index (χ4n) is 6.95. The van der Waals surface area contributed by atoms with Gasteiger partial charge in [0.25, 0.3) is 0 Å². The van der Waals surface area contributed by atoms with Crippen LogP contribution in [0, 0.1) is 22.6 Å². The van der Waals surface area contributed by atoms with Gasteiger partial charge in [-0.15, -0.1) is 0 Å². The highest BCUT2D eigenvalue weighted by atomic mass is 35.5. The Bertz CT molecular complexity index is 1180. The molecule has 3 aliphatic rings. The van der Waals surface area contributed by atoms with E-state index in [1.807, 2.05) is 0 Å². The molecular weight excluding hydrogens is 478 g/mol. The lowest BCUT2D eigenvalue weighted by atomic mass is 9.43. The number of carbonyl (C=O) groups is 2. The van der Waals surface area contributed by atoms with Gasteiger partial charge in [-0.2, -0.15) is 0 Å². The molecule has 9 heteroatoms. The third-order valence-electron chi connectivity index (χ3n) is 7.96. The molecule has 0 radical (unpaired) electrons. The molecule has 2 saturated carbocycles. The van der Waals surface area contributed by atoms with E-state index in [0.717, 1.165) is 0 Å². The summed E-state index contributed by atoms with van der Waals surface area (Å²) in [5.74, 6) is -4.82. The highest BCUT2D eigenvalue weighted by molar-refractivity contribution is 6.31.